The lowest BCUT2D eigenvalue weighted by Gasteiger charge is -2.37. The first kappa shape index (κ1) is 25.2. The molecule has 2 N–H and O–H groups in total. The first-order valence-electron chi connectivity index (χ1n) is 11.7. The van der Waals surface area contributed by atoms with Gasteiger partial charge in [0.15, 0.2) is 5.96 Å². The maximum atomic E-state index is 4.85. The molecule has 1 saturated heterocycles. The third kappa shape index (κ3) is 7.04. The minimum atomic E-state index is 0. The fourth-order valence-corrected chi connectivity index (χ4v) is 4.28. The van der Waals surface area contributed by atoms with E-state index in [4.69, 9.17) is 4.99 Å². The van der Waals surface area contributed by atoms with Gasteiger partial charge in [-0.25, -0.2) is 9.67 Å². The number of likely N-dealkylation sites (tertiary alicyclic amines) is 1. The van der Waals surface area contributed by atoms with Crippen LogP contribution in [0, 0.1) is 0 Å². The second-order valence-electron chi connectivity index (χ2n) is 8.36. The number of rotatable bonds is 7. The molecular weight excluding hydrogens is 523 g/mol. The lowest BCUT2D eigenvalue weighted by Crippen LogP contribution is -2.49. The van der Waals surface area contributed by atoms with Crippen molar-refractivity contribution in [3.8, 4) is 5.69 Å². The van der Waals surface area contributed by atoms with Gasteiger partial charge in [0.05, 0.1) is 12.2 Å². The molecule has 176 valence electrons. The molecule has 0 amide bonds. The lowest BCUT2D eigenvalue weighted by atomic mass is 10.0. The maximum absolute atomic E-state index is 4.85. The van der Waals surface area contributed by atoms with Crippen LogP contribution in [-0.4, -0.2) is 46.3 Å². The fraction of sp³-hybridized carbons (Fsp3) is 0.385. The maximum Gasteiger partial charge on any atom is 0.191 e. The normalized spacial score (nSPS) is 16.1. The van der Waals surface area contributed by atoms with E-state index < -0.39 is 0 Å². The van der Waals surface area contributed by atoms with E-state index in [0.717, 1.165) is 44.1 Å². The summed E-state index contributed by atoms with van der Waals surface area (Å²) in [5.41, 5.74) is 3.62. The Morgan fingerprint density at radius 3 is 2.58 bits per heavy atom. The Kier molecular flexibility index (Phi) is 9.75. The average molecular weight is 559 g/mol. The molecule has 1 aliphatic heterocycles. The summed E-state index contributed by atoms with van der Waals surface area (Å²) >= 11 is 0. The number of halogens is 1. The van der Waals surface area contributed by atoms with E-state index in [1.807, 2.05) is 16.9 Å². The van der Waals surface area contributed by atoms with Gasteiger partial charge < -0.3 is 10.6 Å². The minimum Gasteiger partial charge on any atom is -0.357 e. The van der Waals surface area contributed by atoms with Crippen molar-refractivity contribution in [1.82, 2.24) is 25.3 Å². The molecule has 0 aliphatic carbocycles. The van der Waals surface area contributed by atoms with Gasteiger partial charge in [0.1, 0.15) is 0 Å². The first-order valence-corrected chi connectivity index (χ1v) is 11.7. The van der Waals surface area contributed by atoms with Gasteiger partial charge in [-0.3, -0.25) is 4.90 Å². The van der Waals surface area contributed by atoms with Crippen molar-refractivity contribution >= 4 is 29.9 Å². The van der Waals surface area contributed by atoms with Gasteiger partial charge in [0, 0.05) is 44.1 Å². The Labute approximate surface area is 214 Å². The van der Waals surface area contributed by atoms with Crippen LogP contribution in [0.5, 0.6) is 0 Å². The van der Waals surface area contributed by atoms with Crippen LogP contribution in [0.25, 0.3) is 5.69 Å². The molecule has 0 bridgehead atoms. The smallest absolute Gasteiger partial charge is 0.191 e. The van der Waals surface area contributed by atoms with Crippen LogP contribution in [0.15, 0.2) is 78.0 Å². The lowest BCUT2D eigenvalue weighted by molar-refractivity contribution is 0.158. The molecule has 7 heteroatoms. The third-order valence-corrected chi connectivity index (χ3v) is 6.14. The molecular formula is C26H35IN6. The highest BCUT2D eigenvalue weighted by Crippen LogP contribution is 2.24. The quantitative estimate of drug-likeness (QED) is 0.249. The van der Waals surface area contributed by atoms with Crippen LogP contribution in [0.3, 0.4) is 0 Å². The zero-order valence-electron chi connectivity index (χ0n) is 19.5. The largest absolute Gasteiger partial charge is 0.357 e. The van der Waals surface area contributed by atoms with Gasteiger partial charge in [-0.05, 0) is 56.0 Å². The molecule has 1 aliphatic rings. The Balaban J connectivity index is 0.00000306. The highest BCUT2D eigenvalue weighted by molar-refractivity contribution is 14.0. The predicted octanol–water partition coefficient (Wildman–Crippen LogP) is 4.77. The summed E-state index contributed by atoms with van der Waals surface area (Å²) < 4.78 is 1.88. The number of nitrogens with zero attached hydrogens (tertiary/aromatic N) is 4. The minimum absolute atomic E-state index is 0. The molecule has 0 radical (unpaired) electrons. The highest BCUT2D eigenvalue weighted by Gasteiger charge is 2.24. The van der Waals surface area contributed by atoms with Crippen LogP contribution in [0.2, 0.25) is 0 Å². The van der Waals surface area contributed by atoms with E-state index >= 15 is 0 Å². The van der Waals surface area contributed by atoms with Crippen LogP contribution in [0.4, 0.5) is 0 Å². The van der Waals surface area contributed by atoms with E-state index in [0.29, 0.717) is 18.6 Å². The summed E-state index contributed by atoms with van der Waals surface area (Å²) in [5, 5.41) is 11.4. The van der Waals surface area contributed by atoms with E-state index in [1.165, 1.54) is 11.1 Å². The van der Waals surface area contributed by atoms with Gasteiger partial charge in [0.2, 0.25) is 0 Å². The highest BCUT2D eigenvalue weighted by atomic mass is 127. The van der Waals surface area contributed by atoms with Crippen molar-refractivity contribution in [1.29, 1.82) is 0 Å². The number of aromatic nitrogens is 2. The Hall–Kier alpha value is -2.39. The summed E-state index contributed by atoms with van der Waals surface area (Å²) in [5.74, 6) is 0.895. The monoisotopic (exact) mass is 558 g/mol. The summed E-state index contributed by atoms with van der Waals surface area (Å²) in [6, 6.07) is 22.0. The Morgan fingerprint density at radius 1 is 1.09 bits per heavy atom. The molecule has 33 heavy (non-hydrogen) atoms. The van der Waals surface area contributed by atoms with Crippen molar-refractivity contribution < 1.29 is 0 Å². The molecule has 1 fully saturated rings. The van der Waals surface area contributed by atoms with E-state index in [1.54, 1.807) is 6.20 Å². The van der Waals surface area contributed by atoms with Crippen molar-refractivity contribution in [3.05, 3.63) is 84.2 Å². The van der Waals surface area contributed by atoms with E-state index in [2.05, 4.69) is 89.1 Å². The second kappa shape index (κ2) is 12.7. The molecule has 6 nitrogen and oxygen atoms in total. The number of guanidine groups is 1. The van der Waals surface area contributed by atoms with Crippen LogP contribution in [-0.2, 0) is 6.54 Å². The molecule has 0 saturated carbocycles. The zero-order valence-corrected chi connectivity index (χ0v) is 21.9. The van der Waals surface area contributed by atoms with Gasteiger partial charge in [0.25, 0.3) is 0 Å². The number of benzene rings is 2. The summed E-state index contributed by atoms with van der Waals surface area (Å²) in [4.78, 5) is 7.43. The molecule has 1 atom stereocenters. The fourth-order valence-electron chi connectivity index (χ4n) is 4.28. The summed E-state index contributed by atoms with van der Waals surface area (Å²) in [6.45, 7) is 8.10. The average Bonchev–Trinajstić information content (AvgIpc) is 3.39. The van der Waals surface area contributed by atoms with Crippen LogP contribution < -0.4 is 10.6 Å². The first-order chi connectivity index (χ1) is 15.7. The Morgan fingerprint density at radius 2 is 1.88 bits per heavy atom. The Bertz CT molecular complexity index is 981. The summed E-state index contributed by atoms with van der Waals surface area (Å²) in [7, 11) is 0. The zero-order chi connectivity index (χ0) is 22.2. The van der Waals surface area contributed by atoms with Crippen molar-refractivity contribution in [3.63, 3.8) is 0 Å². The molecule has 1 unspecified atom stereocenters. The topological polar surface area (TPSA) is 57.5 Å². The van der Waals surface area contributed by atoms with Gasteiger partial charge in [-0.15, -0.1) is 24.0 Å². The van der Waals surface area contributed by atoms with Crippen LogP contribution in [0.1, 0.15) is 43.9 Å². The molecule has 0 spiro atoms. The standard InChI is InChI=1S/C26H34N6.HI/c1-3-27-26(28-20-22-9-7-12-25(19-22)32-16-8-15-29-32)30-24-13-17-31(18-14-24)21(2)23-10-5-4-6-11-23;/h4-12,15-16,19,21,24H,3,13-14,17-18,20H2,1-2H3,(H2,27,28,30);1H. The SMILES string of the molecule is CCNC(=NCc1cccc(-n2cccn2)c1)NC1CCN(C(C)c2ccccc2)CC1.I. The predicted molar refractivity (Wildman–Crippen MR) is 146 cm³/mol. The molecule has 4 rings (SSSR count). The van der Waals surface area contributed by atoms with Crippen molar-refractivity contribution in [2.45, 2.75) is 45.3 Å². The van der Waals surface area contributed by atoms with Gasteiger partial charge in [-0.1, -0.05) is 42.5 Å². The third-order valence-electron chi connectivity index (χ3n) is 6.14. The number of nitrogens with one attached hydrogen (secondary N) is 2. The van der Waals surface area contributed by atoms with E-state index in [9.17, 15) is 0 Å². The van der Waals surface area contributed by atoms with Crippen LogP contribution >= 0.6 is 24.0 Å². The summed E-state index contributed by atoms with van der Waals surface area (Å²) in [6.07, 6.45) is 6.00. The second-order valence-corrected chi connectivity index (χ2v) is 8.36. The number of hydrogen-bond acceptors (Lipinski definition) is 3. The van der Waals surface area contributed by atoms with Crippen molar-refractivity contribution in [2.75, 3.05) is 19.6 Å². The van der Waals surface area contributed by atoms with E-state index in [-0.39, 0.29) is 24.0 Å². The van der Waals surface area contributed by atoms with Gasteiger partial charge >= 0.3 is 0 Å². The molecule has 3 aromatic rings. The molecule has 2 aromatic carbocycles. The number of piperidine rings is 1. The van der Waals surface area contributed by atoms with Crippen molar-refractivity contribution in [2.24, 2.45) is 4.99 Å². The molecule has 2 heterocycles. The number of aliphatic imine (C=N–C) groups is 1. The number of hydrogen-bond donors (Lipinski definition) is 2. The van der Waals surface area contributed by atoms with Gasteiger partial charge in [-0.2, -0.15) is 5.10 Å². The molecule has 1 aromatic heterocycles.